The highest BCUT2D eigenvalue weighted by atomic mass is 16.5. The number of likely N-dealkylation sites (tertiary alicyclic amines) is 1. The predicted octanol–water partition coefficient (Wildman–Crippen LogP) is 3.81. The highest BCUT2D eigenvalue weighted by molar-refractivity contribution is 6.11. The maximum absolute atomic E-state index is 12.7. The topological polar surface area (TPSA) is 70.2 Å². The third-order valence-electron chi connectivity index (χ3n) is 5.02. The number of piperidine rings is 1. The molecule has 0 radical (unpaired) electrons. The summed E-state index contributed by atoms with van der Waals surface area (Å²) in [6.07, 6.45) is 3.87. The van der Waals surface area contributed by atoms with E-state index in [4.69, 9.17) is 4.74 Å². The van der Waals surface area contributed by atoms with Gasteiger partial charge >= 0.3 is 0 Å². The lowest BCUT2D eigenvalue weighted by Gasteiger charge is -2.26. The molecular formula is C21H24N4O2. The second kappa shape index (κ2) is 7.80. The molecule has 0 atom stereocenters. The van der Waals surface area contributed by atoms with Gasteiger partial charge in [0.15, 0.2) is 5.69 Å². The molecule has 0 unspecified atom stereocenters. The Morgan fingerprint density at radius 3 is 2.85 bits per heavy atom. The van der Waals surface area contributed by atoms with Gasteiger partial charge in [-0.05, 0) is 61.8 Å². The highest BCUT2D eigenvalue weighted by Crippen LogP contribution is 2.23. The summed E-state index contributed by atoms with van der Waals surface area (Å²) in [7, 11) is 1.61. The molecule has 0 saturated carbocycles. The standard InChI is InChI=1S/C21H24N4O2/c1-27-17-8-9-19-18(13-17)20(24-23-19)21(26)22-16-7-5-6-15(12-16)14-25-10-3-2-4-11-25/h5-9,12-13H,2-4,10-11,14H2,1H3,(H,22,26)(H,23,24). The summed E-state index contributed by atoms with van der Waals surface area (Å²) < 4.78 is 5.25. The van der Waals surface area contributed by atoms with Crippen LogP contribution >= 0.6 is 0 Å². The first-order valence-electron chi connectivity index (χ1n) is 9.38. The van der Waals surface area contributed by atoms with Gasteiger partial charge in [-0.15, -0.1) is 0 Å². The van der Waals surface area contributed by atoms with Crippen LogP contribution in [0.25, 0.3) is 10.9 Å². The Kier molecular flexibility index (Phi) is 5.07. The van der Waals surface area contributed by atoms with Gasteiger partial charge in [-0.3, -0.25) is 14.8 Å². The Labute approximate surface area is 158 Å². The number of carbonyl (C=O) groups is 1. The number of anilines is 1. The van der Waals surface area contributed by atoms with Gasteiger partial charge in [0, 0.05) is 17.6 Å². The van der Waals surface area contributed by atoms with Crippen LogP contribution in [0.2, 0.25) is 0 Å². The molecule has 140 valence electrons. The fourth-order valence-corrected chi connectivity index (χ4v) is 3.61. The summed E-state index contributed by atoms with van der Waals surface area (Å²) in [5.74, 6) is 0.464. The summed E-state index contributed by atoms with van der Waals surface area (Å²) in [6, 6.07) is 13.6. The van der Waals surface area contributed by atoms with Crippen molar-refractivity contribution in [3.8, 4) is 5.75 Å². The Hall–Kier alpha value is -2.86. The van der Waals surface area contributed by atoms with E-state index < -0.39 is 0 Å². The quantitative estimate of drug-likeness (QED) is 0.722. The highest BCUT2D eigenvalue weighted by Gasteiger charge is 2.16. The minimum atomic E-state index is -0.232. The molecule has 2 N–H and O–H groups in total. The summed E-state index contributed by atoms with van der Waals surface area (Å²) in [5, 5.41) is 10.8. The maximum atomic E-state index is 12.7. The number of fused-ring (bicyclic) bond motifs is 1. The zero-order chi connectivity index (χ0) is 18.6. The van der Waals surface area contributed by atoms with Crippen LogP contribution in [-0.4, -0.2) is 41.2 Å². The van der Waals surface area contributed by atoms with Crippen LogP contribution < -0.4 is 10.1 Å². The van der Waals surface area contributed by atoms with Crippen molar-refractivity contribution in [1.82, 2.24) is 15.1 Å². The Morgan fingerprint density at radius 2 is 2.04 bits per heavy atom. The van der Waals surface area contributed by atoms with E-state index in [9.17, 15) is 4.79 Å². The molecule has 4 rings (SSSR count). The summed E-state index contributed by atoms with van der Waals surface area (Å²) in [6.45, 7) is 3.22. The minimum absolute atomic E-state index is 0.232. The van der Waals surface area contributed by atoms with E-state index in [1.54, 1.807) is 7.11 Å². The van der Waals surface area contributed by atoms with Crippen molar-refractivity contribution in [3.05, 3.63) is 53.7 Å². The molecule has 3 aromatic rings. The molecule has 1 saturated heterocycles. The molecule has 0 aliphatic carbocycles. The number of ether oxygens (including phenoxy) is 1. The minimum Gasteiger partial charge on any atom is -0.497 e. The first kappa shape index (κ1) is 17.5. The lowest BCUT2D eigenvalue weighted by molar-refractivity contribution is 0.102. The second-order valence-electron chi connectivity index (χ2n) is 6.98. The number of hydrogen-bond acceptors (Lipinski definition) is 4. The number of H-pyrrole nitrogens is 1. The molecular weight excluding hydrogens is 340 g/mol. The molecule has 6 heteroatoms. The van der Waals surface area contributed by atoms with E-state index in [0.29, 0.717) is 11.4 Å². The largest absolute Gasteiger partial charge is 0.497 e. The number of aromatic nitrogens is 2. The lowest BCUT2D eigenvalue weighted by Crippen LogP contribution is -2.29. The van der Waals surface area contributed by atoms with E-state index in [2.05, 4.69) is 26.5 Å². The van der Waals surface area contributed by atoms with E-state index in [1.807, 2.05) is 36.4 Å². The van der Waals surface area contributed by atoms with E-state index in [1.165, 1.54) is 24.8 Å². The number of rotatable bonds is 5. The van der Waals surface area contributed by atoms with Gasteiger partial charge in [0.05, 0.1) is 12.6 Å². The molecule has 0 bridgehead atoms. The first-order valence-corrected chi connectivity index (χ1v) is 9.38. The smallest absolute Gasteiger partial charge is 0.276 e. The number of aromatic amines is 1. The third kappa shape index (κ3) is 3.95. The molecule has 6 nitrogen and oxygen atoms in total. The maximum Gasteiger partial charge on any atom is 0.276 e. The fraction of sp³-hybridized carbons (Fsp3) is 0.333. The SMILES string of the molecule is COc1ccc2[nH]nc(C(=O)Nc3cccc(CN4CCCCC4)c3)c2c1. The van der Waals surface area contributed by atoms with E-state index in [0.717, 1.165) is 36.2 Å². The van der Waals surface area contributed by atoms with Crippen LogP contribution in [0.5, 0.6) is 5.75 Å². The predicted molar refractivity (Wildman–Crippen MR) is 106 cm³/mol. The number of nitrogens with zero attached hydrogens (tertiary/aromatic N) is 2. The van der Waals surface area contributed by atoms with Crippen molar-refractivity contribution < 1.29 is 9.53 Å². The van der Waals surface area contributed by atoms with Crippen molar-refractivity contribution in [3.63, 3.8) is 0 Å². The second-order valence-corrected chi connectivity index (χ2v) is 6.98. The first-order chi connectivity index (χ1) is 13.2. The van der Waals surface area contributed by atoms with Crippen molar-refractivity contribution in [2.45, 2.75) is 25.8 Å². The normalized spacial score (nSPS) is 15.0. The average molecular weight is 364 g/mol. The van der Waals surface area contributed by atoms with Crippen LogP contribution in [0.15, 0.2) is 42.5 Å². The van der Waals surface area contributed by atoms with E-state index >= 15 is 0 Å². The van der Waals surface area contributed by atoms with Gasteiger partial charge in [0.25, 0.3) is 5.91 Å². The number of carbonyl (C=O) groups excluding carboxylic acids is 1. The average Bonchev–Trinajstić information content (AvgIpc) is 3.12. The number of benzene rings is 2. The lowest BCUT2D eigenvalue weighted by atomic mass is 10.1. The van der Waals surface area contributed by atoms with Crippen LogP contribution in [0.3, 0.4) is 0 Å². The van der Waals surface area contributed by atoms with Crippen LogP contribution in [0.1, 0.15) is 35.3 Å². The Balaban J connectivity index is 1.50. The number of nitrogens with one attached hydrogen (secondary N) is 2. The van der Waals surface area contributed by atoms with Crippen LogP contribution in [0.4, 0.5) is 5.69 Å². The fourth-order valence-electron chi connectivity index (χ4n) is 3.61. The number of methoxy groups -OCH3 is 1. The molecule has 2 aromatic carbocycles. The number of amides is 1. The third-order valence-corrected chi connectivity index (χ3v) is 5.02. The van der Waals surface area contributed by atoms with Crippen molar-refractivity contribution >= 4 is 22.5 Å². The molecule has 1 fully saturated rings. The van der Waals surface area contributed by atoms with Crippen LogP contribution in [-0.2, 0) is 6.54 Å². The molecule has 1 aliphatic rings. The van der Waals surface area contributed by atoms with Gasteiger partial charge in [-0.2, -0.15) is 5.10 Å². The molecule has 1 amide bonds. The van der Waals surface area contributed by atoms with Gasteiger partial charge in [-0.25, -0.2) is 0 Å². The van der Waals surface area contributed by atoms with Crippen molar-refractivity contribution in [2.75, 3.05) is 25.5 Å². The zero-order valence-electron chi connectivity index (χ0n) is 15.5. The van der Waals surface area contributed by atoms with Gasteiger partial charge in [0.1, 0.15) is 5.75 Å². The zero-order valence-corrected chi connectivity index (χ0v) is 15.5. The number of hydrogen-bond donors (Lipinski definition) is 2. The Morgan fingerprint density at radius 1 is 1.19 bits per heavy atom. The van der Waals surface area contributed by atoms with Crippen molar-refractivity contribution in [2.24, 2.45) is 0 Å². The molecule has 1 aromatic heterocycles. The molecule has 1 aliphatic heterocycles. The summed E-state index contributed by atoms with van der Waals surface area (Å²) >= 11 is 0. The molecule has 27 heavy (non-hydrogen) atoms. The monoisotopic (exact) mass is 364 g/mol. The molecule has 0 spiro atoms. The summed E-state index contributed by atoms with van der Waals surface area (Å²) in [4.78, 5) is 15.2. The van der Waals surface area contributed by atoms with Gasteiger partial charge in [-0.1, -0.05) is 18.6 Å². The van der Waals surface area contributed by atoms with E-state index in [-0.39, 0.29) is 5.91 Å². The summed E-state index contributed by atoms with van der Waals surface area (Å²) in [5.41, 5.74) is 3.17. The van der Waals surface area contributed by atoms with Gasteiger partial charge in [0.2, 0.25) is 0 Å². The Bertz CT molecular complexity index is 944. The molecule has 2 heterocycles. The van der Waals surface area contributed by atoms with Crippen molar-refractivity contribution in [1.29, 1.82) is 0 Å². The van der Waals surface area contributed by atoms with Gasteiger partial charge < -0.3 is 10.1 Å². The van der Waals surface area contributed by atoms with Crippen LogP contribution in [0, 0.1) is 0 Å².